The number of hydrogen-bond acceptors (Lipinski definition) is 2. The van der Waals surface area contributed by atoms with E-state index in [0.717, 1.165) is 21.5 Å². The summed E-state index contributed by atoms with van der Waals surface area (Å²) in [7, 11) is 0. The van der Waals surface area contributed by atoms with Crippen molar-refractivity contribution in [3.63, 3.8) is 0 Å². The molecule has 0 heterocycles. The zero-order valence-corrected chi connectivity index (χ0v) is 12.7. The summed E-state index contributed by atoms with van der Waals surface area (Å²) in [6.45, 7) is 6.17. The molecule has 0 fully saturated rings. The van der Waals surface area contributed by atoms with E-state index in [4.69, 9.17) is 10.00 Å². The summed E-state index contributed by atoms with van der Waals surface area (Å²) in [6.07, 6.45) is 0. The molecular weight excluding hydrogens is 302 g/mol. The molecule has 2 nitrogen and oxygen atoms in total. The highest BCUT2D eigenvalue weighted by atomic mass is 79.9. The summed E-state index contributed by atoms with van der Waals surface area (Å²) >= 11 is 3.37. The highest BCUT2D eigenvalue weighted by Gasteiger charge is 2.07. The number of nitrogens with zero attached hydrogens (tertiary/aromatic N) is 1. The molecule has 0 aliphatic heterocycles. The number of benzene rings is 2. The minimum atomic E-state index is 0.601. The van der Waals surface area contributed by atoms with Gasteiger partial charge in [0.05, 0.1) is 5.56 Å². The first-order valence-corrected chi connectivity index (χ1v) is 6.76. The molecule has 0 spiro atoms. The van der Waals surface area contributed by atoms with Crippen molar-refractivity contribution in [3.05, 3.63) is 57.1 Å². The zero-order chi connectivity index (χ0) is 14.0. The Labute approximate surface area is 121 Å². The standard InChI is InChI=1S/C16H14BrNO/c1-10-6-11(2)12(3)16(7-10)19-14-5-4-13(9-18)15(17)8-14/h4-8H,1-3H3. The van der Waals surface area contributed by atoms with Gasteiger partial charge in [-0.25, -0.2) is 0 Å². The van der Waals surface area contributed by atoms with Crippen LogP contribution >= 0.6 is 15.9 Å². The van der Waals surface area contributed by atoms with Crippen LogP contribution in [-0.2, 0) is 0 Å². The van der Waals surface area contributed by atoms with Crippen molar-refractivity contribution in [2.24, 2.45) is 0 Å². The molecule has 19 heavy (non-hydrogen) atoms. The summed E-state index contributed by atoms with van der Waals surface area (Å²) in [6, 6.07) is 11.6. The average Bonchev–Trinajstić information content (AvgIpc) is 2.35. The van der Waals surface area contributed by atoms with E-state index in [0.29, 0.717) is 5.56 Å². The van der Waals surface area contributed by atoms with Crippen LogP contribution in [0, 0.1) is 32.1 Å². The molecule has 0 aliphatic carbocycles. The van der Waals surface area contributed by atoms with E-state index >= 15 is 0 Å². The van der Waals surface area contributed by atoms with E-state index in [9.17, 15) is 0 Å². The molecule has 2 aromatic rings. The van der Waals surface area contributed by atoms with E-state index in [1.165, 1.54) is 11.1 Å². The molecule has 2 aromatic carbocycles. The van der Waals surface area contributed by atoms with Crippen LogP contribution in [0.3, 0.4) is 0 Å². The molecule has 0 saturated heterocycles. The highest BCUT2D eigenvalue weighted by molar-refractivity contribution is 9.10. The maximum atomic E-state index is 8.90. The van der Waals surface area contributed by atoms with Gasteiger partial charge in [-0.05, 0) is 77.7 Å². The Morgan fingerprint density at radius 1 is 1.11 bits per heavy atom. The first-order valence-electron chi connectivity index (χ1n) is 5.96. The van der Waals surface area contributed by atoms with Crippen molar-refractivity contribution in [2.75, 3.05) is 0 Å². The highest BCUT2D eigenvalue weighted by Crippen LogP contribution is 2.30. The first kappa shape index (κ1) is 13.6. The van der Waals surface area contributed by atoms with Crippen molar-refractivity contribution in [1.29, 1.82) is 5.26 Å². The summed E-state index contributed by atoms with van der Waals surface area (Å²) in [4.78, 5) is 0. The molecule has 0 saturated carbocycles. The van der Waals surface area contributed by atoms with Crippen molar-refractivity contribution < 1.29 is 4.74 Å². The Morgan fingerprint density at radius 3 is 2.47 bits per heavy atom. The van der Waals surface area contributed by atoms with Gasteiger partial charge in [-0.3, -0.25) is 0 Å². The molecule has 0 unspecified atom stereocenters. The third-order valence-corrected chi connectivity index (χ3v) is 3.71. The van der Waals surface area contributed by atoms with Gasteiger partial charge < -0.3 is 4.74 Å². The molecule has 0 atom stereocenters. The summed E-state index contributed by atoms with van der Waals surface area (Å²) in [5, 5.41) is 8.90. The van der Waals surface area contributed by atoms with E-state index in [1.807, 2.05) is 26.0 Å². The van der Waals surface area contributed by atoms with E-state index in [2.05, 4.69) is 35.0 Å². The molecule has 0 bridgehead atoms. The fourth-order valence-corrected chi connectivity index (χ4v) is 2.33. The van der Waals surface area contributed by atoms with Crippen LogP contribution in [0.4, 0.5) is 0 Å². The van der Waals surface area contributed by atoms with Crippen LogP contribution in [-0.4, -0.2) is 0 Å². The quantitative estimate of drug-likeness (QED) is 0.778. The largest absolute Gasteiger partial charge is 0.457 e. The SMILES string of the molecule is Cc1cc(C)c(C)c(Oc2ccc(C#N)c(Br)c2)c1. The second-order valence-corrected chi connectivity index (χ2v) is 5.41. The Bertz CT molecular complexity index is 671. The fourth-order valence-electron chi connectivity index (χ4n) is 1.88. The summed E-state index contributed by atoms with van der Waals surface area (Å²) in [5.74, 6) is 1.58. The number of rotatable bonds is 2. The third kappa shape index (κ3) is 2.97. The van der Waals surface area contributed by atoms with Crippen LogP contribution in [0.1, 0.15) is 22.3 Å². The van der Waals surface area contributed by atoms with Gasteiger partial charge in [0, 0.05) is 4.47 Å². The predicted octanol–water partition coefficient (Wildman–Crippen LogP) is 5.04. The van der Waals surface area contributed by atoms with Crippen LogP contribution in [0.15, 0.2) is 34.8 Å². The van der Waals surface area contributed by atoms with Gasteiger partial charge in [-0.2, -0.15) is 5.26 Å². The lowest BCUT2D eigenvalue weighted by molar-refractivity contribution is 0.477. The van der Waals surface area contributed by atoms with E-state index in [1.54, 1.807) is 12.1 Å². The van der Waals surface area contributed by atoms with Crippen molar-refractivity contribution in [3.8, 4) is 17.6 Å². The molecule has 2 rings (SSSR count). The molecule has 0 amide bonds. The van der Waals surface area contributed by atoms with Gasteiger partial charge in [0.15, 0.2) is 0 Å². The lowest BCUT2D eigenvalue weighted by Crippen LogP contribution is -1.92. The van der Waals surface area contributed by atoms with Gasteiger partial charge >= 0.3 is 0 Å². The minimum absolute atomic E-state index is 0.601. The van der Waals surface area contributed by atoms with Crippen LogP contribution < -0.4 is 4.74 Å². The molecule has 0 aliphatic rings. The lowest BCUT2D eigenvalue weighted by atomic mass is 10.1. The fraction of sp³-hybridized carbons (Fsp3) is 0.188. The van der Waals surface area contributed by atoms with Crippen molar-refractivity contribution >= 4 is 15.9 Å². The van der Waals surface area contributed by atoms with Gasteiger partial charge in [-0.15, -0.1) is 0 Å². The molecule has 3 heteroatoms. The van der Waals surface area contributed by atoms with Gasteiger partial charge in [-0.1, -0.05) is 6.07 Å². The lowest BCUT2D eigenvalue weighted by Gasteiger charge is -2.12. The van der Waals surface area contributed by atoms with Crippen LogP contribution in [0.2, 0.25) is 0 Å². The number of hydrogen-bond donors (Lipinski definition) is 0. The van der Waals surface area contributed by atoms with E-state index < -0.39 is 0 Å². The Hall–Kier alpha value is -1.79. The zero-order valence-electron chi connectivity index (χ0n) is 11.1. The monoisotopic (exact) mass is 315 g/mol. The number of halogens is 1. The summed E-state index contributed by atoms with van der Waals surface area (Å²) in [5.41, 5.74) is 4.11. The Balaban J connectivity index is 2.37. The molecule has 0 radical (unpaired) electrons. The topological polar surface area (TPSA) is 33.0 Å². The predicted molar refractivity (Wildman–Crippen MR) is 79.6 cm³/mol. The van der Waals surface area contributed by atoms with Crippen LogP contribution in [0.5, 0.6) is 11.5 Å². The molecule has 0 aromatic heterocycles. The minimum Gasteiger partial charge on any atom is -0.457 e. The molecular formula is C16H14BrNO. The van der Waals surface area contributed by atoms with E-state index in [-0.39, 0.29) is 0 Å². The average molecular weight is 316 g/mol. The third-order valence-electron chi connectivity index (χ3n) is 3.05. The number of nitriles is 1. The Morgan fingerprint density at radius 2 is 1.84 bits per heavy atom. The smallest absolute Gasteiger partial charge is 0.130 e. The maximum absolute atomic E-state index is 8.90. The second-order valence-electron chi connectivity index (χ2n) is 4.56. The van der Waals surface area contributed by atoms with Crippen molar-refractivity contribution in [1.82, 2.24) is 0 Å². The second kappa shape index (κ2) is 5.46. The number of aryl methyl sites for hydroxylation is 2. The molecule has 96 valence electrons. The maximum Gasteiger partial charge on any atom is 0.130 e. The van der Waals surface area contributed by atoms with Gasteiger partial charge in [0.2, 0.25) is 0 Å². The number of ether oxygens (including phenoxy) is 1. The van der Waals surface area contributed by atoms with Gasteiger partial charge in [0.1, 0.15) is 17.6 Å². The Kier molecular flexibility index (Phi) is 3.92. The van der Waals surface area contributed by atoms with Crippen LogP contribution in [0.25, 0.3) is 0 Å². The van der Waals surface area contributed by atoms with Crippen molar-refractivity contribution in [2.45, 2.75) is 20.8 Å². The normalized spacial score (nSPS) is 10.1. The molecule has 0 N–H and O–H groups in total. The summed E-state index contributed by atoms with van der Waals surface area (Å²) < 4.78 is 6.66. The van der Waals surface area contributed by atoms with Gasteiger partial charge in [0.25, 0.3) is 0 Å². The first-order chi connectivity index (χ1) is 9.01.